The number of allylic oxidation sites excluding steroid dienone is 2. The van der Waals surface area contributed by atoms with Crippen LogP contribution in [0.5, 0.6) is 0 Å². The molecule has 4 nitrogen and oxygen atoms in total. The van der Waals surface area contributed by atoms with Gasteiger partial charge in [-0.1, -0.05) is 12.2 Å². The van der Waals surface area contributed by atoms with Gasteiger partial charge in [-0.15, -0.1) is 0 Å². The fraction of sp³-hybridized carbons (Fsp3) is 0.769. The largest absolute Gasteiger partial charge is 0.378 e. The molecule has 1 saturated carbocycles. The monoisotopic (exact) mass is 236 g/mol. The molecule has 2 N–H and O–H groups in total. The molecule has 2 fully saturated rings. The van der Waals surface area contributed by atoms with Crippen LogP contribution in [0.15, 0.2) is 12.2 Å². The van der Waals surface area contributed by atoms with Crippen LogP contribution in [0.3, 0.4) is 0 Å². The van der Waals surface area contributed by atoms with E-state index in [0.29, 0.717) is 11.8 Å². The van der Waals surface area contributed by atoms with Crippen molar-refractivity contribution >= 4 is 5.91 Å². The minimum atomic E-state index is 0.119. The van der Waals surface area contributed by atoms with Crippen molar-refractivity contribution in [1.29, 1.82) is 0 Å². The third kappa shape index (κ3) is 2.00. The van der Waals surface area contributed by atoms with E-state index in [0.717, 1.165) is 19.5 Å². The van der Waals surface area contributed by atoms with Gasteiger partial charge < -0.3 is 15.4 Å². The van der Waals surface area contributed by atoms with Crippen LogP contribution in [-0.4, -0.2) is 38.3 Å². The van der Waals surface area contributed by atoms with Crippen LogP contribution in [0.2, 0.25) is 0 Å². The van der Waals surface area contributed by atoms with Crippen LogP contribution in [0.25, 0.3) is 0 Å². The van der Waals surface area contributed by atoms with E-state index in [2.05, 4.69) is 22.8 Å². The Balaban J connectivity index is 1.58. The quantitative estimate of drug-likeness (QED) is 0.693. The van der Waals surface area contributed by atoms with Gasteiger partial charge in [-0.25, -0.2) is 0 Å². The summed E-state index contributed by atoms with van der Waals surface area (Å²) in [6.07, 6.45) is 6.82. The Bertz CT molecular complexity index is 342. The number of carbonyl (C=O) groups excluding carboxylic acids is 1. The zero-order valence-electron chi connectivity index (χ0n) is 10.2. The summed E-state index contributed by atoms with van der Waals surface area (Å²) in [6.45, 7) is 1.65. The molecule has 1 saturated heterocycles. The average Bonchev–Trinajstić information content (AvgIpc) is 3.03. The summed E-state index contributed by atoms with van der Waals surface area (Å²) in [4.78, 5) is 12.2. The number of hydrogen-bond acceptors (Lipinski definition) is 3. The van der Waals surface area contributed by atoms with E-state index >= 15 is 0 Å². The fourth-order valence-electron chi connectivity index (χ4n) is 3.42. The number of ether oxygens (including phenoxy) is 1. The van der Waals surface area contributed by atoms with E-state index < -0.39 is 0 Å². The second-order valence-corrected chi connectivity index (χ2v) is 5.43. The first kappa shape index (κ1) is 11.2. The van der Waals surface area contributed by atoms with Crippen LogP contribution in [-0.2, 0) is 9.53 Å². The van der Waals surface area contributed by atoms with Gasteiger partial charge in [0.25, 0.3) is 0 Å². The second-order valence-electron chi connectivity index (χ2n) is 5.43. The Morgan fingerprint density at radius 2 is 2.24 bits per heavy atom. The Kier molecular flexibility index (Phi) is 2.92. The SMILES string of the molecule is CO[C@H]1CNCC1NC(=O)C1CC2C=CC1C2. The van der Waals surface area contributed by atoms with Gasteiger partial charge in [0.05, 0.1) is 12.1 Å². The van der Waals surface area contributed by atoms with E-state index in [1.54, 1.807) is 7.11 Å². The second kappa shape index (κ2) is 4.42. The highest BCUT2D eigenvalue weighted by molar-refractivity contribution is 5.80. The molecule has 0 aromatic carbocycles. The standard InChI is InChI=1S/C13H20N2O2/c1-17-12-7-14-6-11(12)15-13(16)10-5-8-2-3-9(10)4-8/h2-3,8-12,14H,4-7H2,1H3,(H,15,16)/t8?,9?,10?,11?,12-/m0/s1. The van der Waals surface area contributed by atoms with Crippen molar-refractivity contribution in [2.75, 3.05) is 20.2 Å². The van der Waals surface area contributed by atoms with E-state index in [1.807, 2.05) is 0 Å². The number of rotatable bonds is 3. The van der Waals surface area contributed by atoms with Crippen LogP contribution >= 0.6 is 0 Å². The minimum Gasteiger partial charge on any atom is -0.378 e. The molecule has 1 heterocycles. The van der Waals surface area contributed by atoms with Gasteiger partial charge in [-0.3, -0.25) is 4.79 Å². The lowest BCUT2D eigenvalue weighted by molar-refractivity contribution is -0.127. The lowest BCUT2D eigenvalue weighted by atomic mass is 9.92. The van der Waals surface area contributed by atoms with Crippen LogP contribution in [0.4, 0.5) is 0 Å². The van der Waals surface area contributed by atoms with Crippen molar-refractivity contribution in [2.24, 2.45) is 17.8 Å². The summed E-state index contributed by atoms with van der Waals surface area (Å²) in [5.74, 6) is 1.55. The van der Waals surface area contributed by atoms with E-state index in [1.165, 1.54) is 6.42 Å². The average molecular weight is 236 g/mol. The topological polar surface area (TPSA) is 50.4 Å². The first-order valence-electron chi connectivity index (χ1n) is 6.50. The first-order valence-corrected chi connectivity index (χ1v) is 6.50. The first-order chi connectivity index (χ1) is 8.28. The zero-order chi connectivity index (χ0) is 11.8. The fourth-order valence-corrected chi connectivity index (χ4v) is 3.42. The highest BCUT2D eigenvalue weighted by Gasteiger charge is 2.41. The summed E-state index contributed by atoms with van der Waals surface area (Å²) >= 11 is 0. The predicted octanol–water partition coefficient (Wildman–Crippen LogP) is 0.302. The highest BCUT2D eigenvalue weighted by Crippen LogP contribution is 2.43. The van der Waals surface area contributed by atoms with Crippen LogP contribution < -0.4 is 10.6 Å². The summed E-state index contributed by atoms with van der Waals surface area (Å²) in [6, 6.07) is 0.135. The zero-order valence-corrected chi connectivity index (χ0v) is 10.2. The normalized spacial score (nSPS) is 43.2. The number of carbonyl (C=O) groups is 1. The number of amides is 1. The Morgan fingerprint density at radius 3 is 2.88 bits per heavy atom. The molecule has 1 amide bonds. The number of fused-ring (bicyclic) bond motifs is 2. The predicted molar refractivity (Wildman–Crippen MR) is 64.4 cm³/mol. The third-order valence-corrected chi connectivity index (χ3v) is 4.40. The summed E-state index contributed by atoms with van der Waals surface area (Å²) in [5.41, 5.74) is 0. The van der Waals surface area contributed by atoms with Crippen molar-refractivity contribution in [2.45, 2.75) is 25.0 Å². The highest BCUT2D eigenvalue weighted by atomic mass is 16.5. The maximum atomic E-state index is 12.2. The van der Waals surface area contributed by atoms with Gasteiger partial charge in [0.1, 0.15) is 0 Å². The molecule has 0 spiro atoms. The van der Waals surface area contributed by atoms with Gasteiger partial charge in [0.15, 0.2) is 0 Å². The molecular weight excluding hydrogens is 216 g/mol. The smallest absolute Gasteiger partial charge is 0.224 e. The number of methoxy groups -OCH3 is 1. The molecule has 0 aromatic heterocycles. The molecule has 17 heavy (non-hydrogen) atoms. The lowest BCUT2D eigenvalue weighted by Gasteiger charge is -2.23. The minimum absolute atomic E-state index is 0.119. The third-order valence-electron chi connectivity index (χ3n) is 4.40. The van der Waals surface area contributed by atoms with Gasteiger partial charge in [-0.2, -0.15) is 0 Å². The molecule has 2 aliphatic carbocycles. The van der Waals surface area contributed by atoms with Gasteiger partial charge in [-0.05, 0) is 24.7 Å². The van der Waals surface area contributed by atoms with Crippen molar-refractivity contribution < 1.29 is 9.53 Å². The molecule has 0 radical (unpaired) electrons. The molecular formula is C13H20N2O2. The molecule has 94 valence electrons. The molecule has 3 aliphatic rings. The summed E-state index contributed by atoms with van der Waals surface area (Å²) in [5, 5.41) is 6.40. The Morgan fingerprint density at radius 1 is 1.35 bits per heavy atom. The maximum Gasteiger partial charge on any atom is 0.224 e. The van der Waals surface area contributed by atoms with E-state index in [-0.39, 0.29) is 24.0 Å². The number of hydrogen-bond donors (Lipinski definition) is 2. The van der Waals surface area contributed by atoms with E-state index in [4.69, 9.17) is 4.74 Å². The van der Waals surface area contributed by atoms with Gasteiger partial charge in [0.2, 0.25) is 5.91 Å². The van der Waals surface area contributed by atoms with Gasteiger partial charge in [0, 0.05) is 26.1 Å². The molecule has 4 heteroatoms. The Labute approximate surface area is 102 Å². The Hall–Kier alpha value is -0.870. The van der Waals surface area contributed by atoms with Crippen molar-refractivity contribution in [3.8, 4) is 0 Å². The van der Waals surface area contributed by atoms with Crippen LogP contribution in [0.1, 0.15) is 12.8 Å². The molecule has 5 atom stereocenters. The van der Waals surface area contributed by atoms with Gasteiger partial charge >= 0.3 is 0 Å². The summed E-state index contributed by atoms with van der Waals surface area (Å²) < 4.78 is 5.36. The van der Waals surface area contributed by atoms with Crippen molar-refractivity contribution in [3.05, 3.63) is 12.2 Å². The molecule has 1 aliphatic heterocycles. The van der Waals surface area contributed by atoms with Crippen molar-refractivity contribution in [1.82, 2.24) is 10.6 Å². The number of nitrogens with one attached hydrogen (secondary N) is 2. The van der Waals surface area contributed by atoms with Crippen LogP contribution in [0, 0.1) is 17.8 Å². The summed E-state index contributed by atoms with van der Waals surface area (Å²) in [7, 11) is 1.71. The lowest BCUT2D eigenvalue weighted by Crippen LogP contribution is -2.46. The van der Waals surface area contributed by atoms with E-state index in [9.17, 15) is 4.79 Å². The maximum absolute atomic E-state index is 12.2. The molecule has 2 bridgehead atoms. The molecule has 0 aromatic rings. The molecule has 4 unspecified atom stereocenters. The van der Waals surface area contributed by atoms with Crippen molar-refractivity contribution in [3.63, 3.8) is 0 Å². The molecule has 3 rings (SSSR count).